The molecule has 0 saturated carbocycles. The number of benzene rings is 2. The number of nitrogens with zero attached hydrogens (tertiary/aromatic N) is 1. The molecular formula is C21H20N2O6. The largest absolute Gasteiger partial charge is 0.493 e. The van der Waals surface area contributed by atoms with Gasteiger partial charge in [0.15, 0.2) is 17.3 Å². The third-order valence-electron chi connectivity index (χ3n) is 4.57. The molecule has 0 atom stereocenters. The van der Waals surface area contributed by atoms with Gasteiger partial charge in [-0.25, -0.2) is 0 Å². The third-order valence-corrected chi connectivity index (χ3v) is 4.57. The predicted molar refractivity (Wildman–Crippen MR) is 109 cm³/mol. The van der Waals surface area contributed by atoms with Crippen LogP contribution in [-0.4, -0.2) is 37.0 Å². The Balaban J connectivity index is 2.02. The van der Waals surface area contributed by atoms with E-state index in [2.05, 4.69) is 4.98 Å². The summed E-state index contributed by atoms with van der Waals surface area (Å²) >= 11 is 0. The van der Waals surface area contributed by atoms with Crippen LogP contribution in [0.4, 0.5) is 5.69 Å². The zero-order valence-electron chi connectivity index (χ0n) is 16.4. The fraction of sp³-hybridized carbons (Fsp3) is 0.190. The number of allylic oxidation sites excluding steroid dienone is 1. The first-order chi connectivity index (χ1) is 13.9. The van der Waals surface area contributed by atoms with Gasteiger partial charge in [-0.15, -0.1) is 0 Å². The number of ketones is 1. The van der Waals surface area contributed by atoms with E-state index in [0.717, 1.165) is 5.52 Å². The Morgan fingerprint density at radius 2 is 1.72 bits per heavy atom. The van der Waals surface area contributed by atoms with Crippen molar-refractivity contribution in [3.05, 3.63) is 63.3 Å². The molecule has 29 heavy (non-hydrogen) atoms. The third kappa shape index (κ3) is 3.77. The van der Waals surface area contributed by atoms with Crippen molar-refractivity contribution in [1.82, 2.24) is 4.98 Å². The normalized spacial score (nSPS) is 11.4. The minimum Gasteiger partial charge on any atom is -0.493 e. The van der Waals surface area contributed by atoms with Gasteiger partial charge in [0.1, 0.15) is 0 Å². The molecule has 0 spiro atoms. The minimum absolute atomic E-state index is 0.0136. The minimum atomic E-state index is -0.451. The second-order valence-electron chi connectivity index (χ2n) is 6.30. The fourth-order valence-corrected chi connectivity index (χ4v) is 3.10. The quantitative estimate of drug-likeness (QED) is 0.275. The molecule has 1 N–H and O–H groups in total. The van der Waals surface area contributed by atoms with Crippen molar-refractivity contribution in [2.75, 3.05) is 21.3 Å². The summed E-state index contributed by atoms with van der Waals surface area (Å²) in [5, 5.41) is 11.7. The molecule has 3 aromatic rings. The van der Waals surface area contributed by atoms with Crippen molar-refractivity contribution in [2.24, 2.45) is 0 Å². The number of Topliss-reactive ketones (excluding diaryl/α,β-unsaturated/α-hetero) is 1. The molecule has 0 bridgehead atoms. The first-order valence-electron chi connectivity index (χ1n) is 8.68. The molecule has 1 heterocycles. The number of nitro groups is 1. The molecule has 0 aliphatic heterocycles. The molecule has 0 aliphatic carbocycles. The number of nitro benzene ring substituents is 1. The number of hydrogen-bond donors (Lipinski definition) is 1. The van der Waals surface area contributed by atoms with Crippen molar-refractivity contribution in [3.8, 4) is 17.2 Å². The lowest BCUT2D eigenvalue weighted by Gasteiger charge is -2.13. The number of carbonyl (C=O) groups is 1. The van der Waals surface area contributed by atoms with E-state index in [1.807, 2.05) is 0 Å². The number of nitrogens with one attached hydrogen (secondary N) is 1. The van der Waals surface area contributed by atoms with Crippen LogP contribution in [-0.2, 0) is 0 Å². The number of aromatic nitrogens is 1. The van der Waals surface area contributed by atoms with Crippen LogP contribution in [0, 0.1) is 10.1 Å². The van der Waals surface area contributed by atoms with E-state index in [1.165, 1.54) is 33.5 Å². The Bertz CT molecular complexity index is 1100. The standard InChI is InChI=1S/C21H20N2O6/c1-12(7-14-11-22-17-6-5-15(23(25)26)10-16(14)17)20(24)13-8-18(27-2)21(29-4)19(9-13)28-3/h5-11,22H,1-4H3/b12-7+. The molecule has 2 aromatic carbocycles. The number of hydrogen-bond acceptors (Lipinski definition) is 6. The van der Waals surface area contributed by atoms with Crippen LogP contribution in [0.5, 0.6) is 17.2 Å². The average molecular weight is 396 g/mol. The molecule has 150 valence electrons. The van der Waals surface area contributed by atoms with E-state index in [9.17, 15) is 14.9 Å². The summed E-state index contributed by atoms with van der Waals surface area (Å²) in [5.41, 5.74) is 2.24. The number of non-ortho nitro benzene ring substituents is 1. The highest BCUT2D eigenvalue weighted by Gasteiger charge is 2.18. The summed E-state index contributed by atoms with van der Waals surface area (Å²) in [6.07, 6.45) is 3.40. The van der Waals surface area contributed by atoms with Crippen molar-refractivity contribution in [3.63, 3.8) is 0 Å². The van der Waals surface area contributed by atoms with Gasteiger partial charge in [0, 0.05) is 40.4 Å². The van der Waals surface area contributed by atoms with Gasteiger partial charge in [-0.2, -0.15) is 0 Å². The van der Waals surface area contributed by atoms with Gasteiger partial charge in [-0.3, -0.25) is 14.9 Å². The molecule has 8 heteroatoms. The Morgan fingerprint density at radius 3 is 2.28 bits per heavy atom. The maximum atomic E-state index is 13.0. The molecule has 0 fully saturated rings. The molecule has 0 unspecified atom stereocenters. The van der Waals surface area contributed by atoms with Gasteiger partial charge in [-0.1, -0.05) is 0 Å². The molecule has 0 saturated heterocycles. The SMILES string of the molecule is COc1cc(C(=O)/C(C)=C/c2c[nH]c3ccc([N+](=O)[O-])cc23)cc(OC)c1OC. The molecule has 1 aromatic heterocycles. The molecule has 3 rings (SSSR count). The van der Waals surface area contributed by atoms with E-state index >= 15 is 0 Å². The van der Waals surface area contributed by atoms with Crippen LogP contribution in [0.15, 0.2) is 42.1 Å². The van der Waals surface area contributed by atoms with Gasteiger partial charge in [0.05, 0.1) is 26.3 Å². The van der Waals surface area contributed by atoms with Crippen LogP contribution >= 0.6 is 0 Å². The van der Waals surface area contributed by atoms with E-state index in [1.54, 1.807) is 37.4 Å². The first-order valence-corrected chi connectivity index (χ1v) is 8.68. The van der Waals surface area contributed by atoms with Gasteiger partial charge < -0.3 is 19.2 Å². The highest BCUT2D eigenvalue weighted by Crippen LogP contribution is 2.38. The average Bonchev–Trinajstić information content (AvgIpc) is 3.13. The number of aromatic amines is 1. The fourth-order valence-electron chi connectivity index (χ4n) is 3.10. The molecule has 8 nitrogen and oxygen atoms in total. The first kappa shape index (κ1) is 19.9. The zero-order chi connectivity index (χ0) is 21.1. The van der Waals surface area contributed by atoms with Crippen molar-refractivity contribution in [2.45, 2.75) is 6.92 Å². The van der Waals surface area contributed by atoms with Crippen LogP contribution in [0.1, 0.15) is 22.8 Å². The summed E-state index contributed by atoms with van der Waals surface area (Å²) in [4.78, 5) is 26.6. The van der Waals surface area contributed by atoms with Crippen molar-refractivity contribution >= 4 is 28.4 Å². The van der Waals surface area contributed by atoms with E-state index < -0.39 is 4.92 Å². The van der Waals surface area contributed by atoms with E-state index in [4.69, 9.17) is 14.2 Å². The number of ether oxygens (including phenoxy) is 3. The topological polar surface area (TPSA) is 104 Å². The Labute approximate surface area is 166 Å². The number of H-pyrrole nitrogens is 1. The second-order valence-corrected chi connectivity index (χ2v) is 6.30. The lowest BCUT2D eigenvalue weighted by atomic mass is 10.0. The summed E-state index contributed by atoms with van der Waals surface area (Å²) in [6.45, 7) is 1.68. The van der Waals surface area contributed by atoms with Gasteiger partial charge in [0.25, 0.3) is 5.69 Å². The second kappa shape index (κ2) is 8.05. The highest BCUT2D eigenvalue weighted by molar-refractivity contribution is 6.12. The lowest BCUT2D eigenvalue weighted by Crippen LogP contribution is -2.03. The highest BCUT2D eigenvalue weighted by atomic mass is 16.6. The number of fused-ring (bicyclic) bond motifs is 1. The number of methoxy groups -OCH3 is 3. The summed E-state index contributed by atoms with van der Waals surface area (Å²) in [5.74, 6) is 0.928. The monoisotopic (exact) mass is 396 g/mol. The smallest absolute Gasteiger partial charge is 0.270 e. The van der Waals surface area contributed by atoms with Gasteiger partial charge >= 0.3 is 0 Å². The Kier molecular flexibility index (Phi) is 5.54. The molecule has 0 aliphatic rings. The van der Waals surface area contributed by atoms with Crippen molar-refractivity contribution < 1.29 is 23.9 Å². The van der Waals surface area contributed by atoms with Crippen LogP contribution in [0.3, 0.4) is 0 Å². The Hall–Kier alpha value is -3.81. The maximum absolute atomic E-state index is 13.0. The number of rotatable bonds is 7. The summed E-state index contributed by atoms with van der Waals surface area (Å²) in [7, 11) is 4.45. The zero-order valence-corrected chi connectivity index (χ0v) is 16.4. The maximum Gasteiger partial charge on any atom is 0.270 e. The van der Waals surface area contributed by atoms with Crippen LogP contribution in [0.2, 0.25) is 0 Å². The van der Waals surface area contributed by atoms with E-state index in [0.29, 0.717) is 39.3 Å². The molecular weight excluding hydrogens is 376 g/mol. The summed E-state index contributed by atoms with van der Waals surface area (Å²) in [6, 6.07) is 7.72. The predicted octanol–water partition coefficient (Wildman–Crippen LogP) is 4.39. The molecule has 0 radical (unpaired) electrons. The number of carbonyl (C=O) groups excluding carboxylic acids is 1. The van der Waals surface area contributed by atoms with E-state index in [-0.39, 0.29) is 11.5 Å². The lowest BCUT2D eigenvalue weighted by molar-refractivity contribution is -0.384. The Morgan fingerprint density at radius 1 is 1.07 bits per heavy atom. The van der Waals surface area contributed by atoms with Crippen LogP contribution in [0.25, 0.3) is 17.0 Å². The molecule has 0 amide bonds. The van der Waals surface area contributed by atoms with Crippen LogP contribution < -0.4 is 14.2 Å². The van der Waals surface area contributed by atoms with Gasteiger partial charge in [0.2, 0.25) is 5.75 Å². The van der Waals surface area contributed by atoms with Crippen molar-refractivity contribution in [1.29, 1.82) is 0 Å². The summed E-state index contributed by atoms with van der Waals surface area (Å²) < 4.78 is 15.9. The van der Waals surface area contributed by atoms with Gasteiger partial charge in [-0.05, 0) is 36.8 Å².